The van der Waals surface area contributed by atoms with Crippen LogP contribution >= 0.6 is 22.6 Å². The standard InChI is InChI=1S/C16H15IO2/c17-13-4-1-11(2-5-13)10-19-14-6-7-15-12(9-14)3-8-16(15)18/h1-2,4-7,9,16,18H,3,8,10H2. The maximum atomic E-state index is 9.76. The van der Waals surface area contributed by atoms with E-state index >= 15 is 0 Å². The molecule has 1 atom stereocenters. The Balaban J connectivity index is 1.69. The molecule has 98 valence electrons. The number of hydrogen-bond donors (Lipinski definition) is 1. The summed E-state index contributed by atoms with van der Waals surface area (Å²) in [5, 5.41) is 9.76. The lowest BCUT2D eigenvalue weighted by Crippen LogP contribution is -1.96. The number of benzene rings is 2. The SMILES string of the molecule is OC1CCc2cc(OCc3ccc(I)cc3)ccc21. The molecule has 2 aromatic rings. The summed E-state index contributed by atoms with van der Waals surface area (Å²) in [5.41, 5.74) is 3.44. The fourth-order valence-corrected chi connectivity index (χ4v) is 2.77. The van der Waals surface area contributed by atoms with Crippen LogP contribution in [0.5, 0.6) is 5.75 Å². The summed E-state index contributed by atoms with van der Waals surface area (Å²) in [7, 11) is 0. The molecule has 3 heteroatoms. The quantitative estimate of drug-likeness (QED) is 0.837. The predicted molar refractivity (Wildman–Crippen MR) is 83.2 cm³/mol. The fraction of sp³-hybridized carbons (Fsp3) is 0.250. The summed E-state index contributed by atoms with van der Waals surface area (Å²) in [6.45, 7) is 0.582. The van der Waals surface area contributed by atoms with E-state index in [0.717, 1.165) is 24.2 Å². The Morgan fingerprint density at radius 3 is 2.74 bits per heavy atom. The Morgan fingerprint density at radius 1 is 1.16 bits per heavy atom. The van der Waals surface area contributed by atoms with E-state index in [1.165, 1.54) is 14.7 Å². The number of fused-ring (bicyclic) bond motifs is 1. The van der Waals surface area contributed by atoms with Crippen LogP contribution in [0.15, 0.2) is 42.5 Å². The van der Waals surface area contributed by atoms with Gasteiger partial charge < -0.3 is 9.84 Å². The van der Waals surface area contributed by atoms with E-state index in [2.05, 4.69) is 52.9 Å². The van der Waals surface area contributed by atoms with E-state index in [0.29, 0.717) is 6.61 Å². The number of aliphatic hydroxyl groups is 1. The van der Waals surface area contributed by atoms with Gasteiger partial charge in [0.25, 0.3) is 0 Å². The summed E-state index contributed by atoms with van der Waals surface area (Å²) in [5.74, 6) is 0.881. The number of halogens is 1. The largest absolute Gasteiger partial charge is 0.489 e. The van der Waals surface area contributed by atoms with Gasteiger partial charge in [-0.2, -0.15) is 0 Å². The first-order chi connectivity index (χ1) is 9.22. The molecule has 1 aliphatic rings. The first-order valence-electron chi connectivity index (χ1n) is 6.40. The minimum atomic E-state index is -0.291. The molecule has 1 aliphatic carbocycles. The van der Waals surface area contributed by atoms with Gasteiger partial charge in [-0.3, -0.25) is 0 Å². The summed E-state index contributed by atoms with van der Waals surface area (Å²) < 4.78 is 7.04. The Morgan fingerprint density at radius 2 is 1.95 bits per heavy atom. The van der Waals surface area contributed by atoms with Crippen LogP contribution in [0.3, 0.4) is 0 Å². The van der Waals surface area contributed by atoms with E-state index in [9.17, 15) is 5.11 Å². The second-order valence-electron chi connectivity index (χ2n) is 4.83. The average molecular weight is 366 g/mol. The highest BCUT2D eigenvalue weighted by Gasteiger charge is 2.20. The van der Waals surface area contributed by atoms with Gasteiger partial charge in [0.2, 0.25) is 0 Å². The monoisotopic (exact) mass is 366 g/mol. The topological polar surface area (TPSA) is 29.5 Å². The molecule has 0 bridgehead atoms. The second kappa shape index (κ2) is 5.51. The average Bonchev–Trinajstić information content (AvgIpc) is 2.79. The summed E-state index contributed by atoms with van der Waals surface area (Å²) in [4.78, 5) is 0. The molecule has 1 unspecified atom stereocenters. The van der Waals surface area contributed by atoms with E-state index in [1.807, 2.05) is 12.1 Å². The molecule has 2 nitrogen and oxygen atoms in total. The van der Waals surface area contributed by atoms with E-state index in [4.69, 9.17) is 4.74 Å². The van der Waals surface area contributed by atoms with Crippen molar-refractivity contribution in [2.24, 2.45) is 0 Å². The van der Waals surface area contributed by atoms with Crippen molar-refractivity contribution in [1.29, 1.82) is 0 Å². The molecule has 0 radical (unpaired) electrons. The van der Waals surface area contributed by atoms with Crippen LogP contribution in [0.1, 0.15) is 29.2 Å². The molecule has 0 fully saturated rings. The van der Waals surface area contributed by atoms with Crippen molar-refractivity contribution in [3.05, 3.63) is 62.7 Å². The molecule has 0 saturated heterocycles. The molecular weight excluding hydrogens is 351 g/mol. The van der Waals surface area contributed by atoms with Gasteiger partial charge in [-0.1, -0.05) is 18.2 Å². The van der Waals surface area contributed by atoms with Gasteiger partial charge in [-0.05, 0) is 76.4 Å². The maximum Gasteiger partial charge on any atom is 0.120 e. The molecule has 1 N–H and O–H groups in total. The number of aliphatic hydroxyl groups excluding tert-OH is 1. The first-order valence-corrected chi connectivity index (χ1v) is 7.48. The lowest BCUT2D eigenvalue weighted by molar-refractivity contribution is 0.180. The molecule has 0 aliphatic heterocycles. The number of rotatable bonds is 3. The second-order valence-corrected chi connectivity index (χ2v) is 6.08. The molecule has 3 rings (SSSR count). The van der Waals surface area contributed by atoms with Gasteiger partial charge in [0, 0.05) is 3.57 Å². The zero-order chi connectivity index (χ0) is 13.2. The predicted octanol–water partition coefficient (Wildman–Crippen LogP) is 3.85. The van der Waals surface area contributed by atoms with E-state index in [-0.39, 0.29) is 6.10 Å². The van der Waals surface area contributed by atoms with Crippen LogP contribution in [-0.4, -0.2) is 5.11 Å². The maximum absolute atomic E-state index is 9.76. The van der Waals surface area contributed by atoms with Gasteiger partial charge in [0.05, 0.1) is 6.10 Å². The van der Waals surface area contributed by atoms with Crippen molar-refractivity contribution in [3.8, 4) is 5.75 Å². The molecule has 19 heavy (non-hydrogen) atoms. The lowest BCUT2D eigenvalue weighted by atomic mass is 10.1. The minimum absolute atomic E-state index is 0.291. The zero-order valence-electron chi connectivity index (χ0n) is 10.5. The molecule has 0 heterocycles. The minimum Gasteiger partial charge on any atom is -0.489 e. The van der Waals surface area contributed by atoms with Crippen molar-refractivity contribution >= 4 is 22.6 Å². The third kappa shape index (κ3) is 2.92. The Bertz CT molecular complexity index is 578. The van der Waals surface area contributed by atoms with Crippen LogP contribution in [0.25, 0.3) is 0 Å². The van der Waals surface area contributed by atoms with Gasteiger partial charge in [-0.25, -0.2) is 0 Å². The summed E-state index contributed by atoms with van der Waals surface area (Å²) >= 11 is 2.29. The van der Waals surface area contributed by atoms with Crippen LogP contribution in [0.4, 0.5) is 0 Å². The number of aryl methyl sites for hydroxylation is 1. The zero-order valence-corrected chi connectivity index (χ0v) is 12.6. The van der Waals surface area contributed by atoms with Crippen LogP contribution in [-0.2, 0) is 13.0 Å². The van der Waals surface area contributed by atoms with Crippen LogP contribution < -0.4 is 4.74 Å². The third-order valence-electron chi connectivity index (χ3n) is 3.48. The summed E-state index contributed by atoms with van der Waals surface area (Å²) in [6, 6.07) is 14.3. The molecule has 0 aromatic heterocycles. The third-order valence-corrected chi connectivity index (χ3v) is 4.20. The molecule has 0 spiro atoms. The van der Waals surface area contributed by atoms with Gasteiger partial charge in [0.15, 0.2) is 0 Å². The first kappa shape index (κ1) is 12.9. The van der Waals surface area contributed by atoms with E-state index in [1.54, 1.807) is 0 Å². The Kier molecular flexibility index (Phi) is 3.75. The van der Waals surface area contributed by atoms with Crippen molar-refractivity contribution in [3.63, 3.8) is 0 Å². The van der Waals surface area contributed by atoms with E-state index < -0.39 is 0 Å². The Labute approximate surface area is 126 Å². The van der Waals surface area contributed by atoms with Crippen molar-refractivity contribution in [1.82, 2.24) is 0 Å². The van der Waals surface area contributed by atoms with Gasteiger partial charge >= 0.3 is 0 Å². The highest BCUT2D eigenvalue weighted by molar-refractivity contribution is 14.1. The summed E-state index contributed by atoms with van der Waals surface area (Å²) in [6.07, 6.45) is 1.48. The number of hydrogen-bond acceptors (Lipinski definition) is 2. The smallest absolute Gasteiger partial charge is 0.120 e. The highest BCUT2D eigenvalue weighted by atomic mass is 127. The normalized spacial score (nSPS) is 17.3. The van der Waals surface area contributed by atoms with Crippen molar-refractivity contribution in [2.75, 3.05) is 0 Å². The molecule has 0 saturated carbocycles. The molecule has 0 amide bonds. The van der Waals surface area contributed by atoms with Gasteiger partial charge in [0.1, 0.15) is 12.4 Å². The Hall–Kier alpha value is -1.07. The van der Waals surface area contributed by atoms with Crippen molar-refractivity contribution in [2.45, 2.75) is 25.6 Å². The van der Waals surface area contributed by atoms with Crippen LogP contribution in [0, 0.1) is 3.57 Å². The van der Waals surface area contributed by atoms with Crippen molar-refractivity contribution < 1.29 is 9.84 Å². The highest BCUT2D eigenvalue weighted by Crippen LogP contribution is 2.33. The number of ether oxygens (including phenoxy) is 1. The van der Waals surface area contributed by atoms with Crippen LogP contribution in [0.2, 0.25) is 0 Å². The molecule has 2 aromatic carbocycles. The van der Waals surface area contributed by atoms with Gasteiger partial charge in [-0.15, -0.1) is 0 Å². The lowest BCUT2D eigenvalue weighted by Gasteiger charge is -2.09. The molecular formula is C16H15IO2. The fourth-order valence-electron chi connectivity index (χ4n) is 2.41.